The highest BCUT2D eigenvalue weighted by molar-refractivity contribution is 9.10. The summed E-state index contributed by atoms with van der Waals surface area (Å²) in [5.41, 5.74) is 0.373. The highest BCUT2D eigenvalue weighted by atomic mass is 79.9. The largest absolute Gasteiger partial charge is 0.333 e. The van der Waals surface area contributed by atoms with E-state index in [0.717, 1.165) is 13.0 Å². The van der Waals surface area contributed by atoms with Gasteiger partial charge in [0.15, 0.2) is 0 Å². The number of carbonyl (C=O) groups is 2. The molecule has 5 nitrogen and oxygen atoms in total. The lowest BCUT2D eigenvalue weighted by atomic mass is 10.3. The third-order valence-corrected chi connectivity index (χ3v) is 3.66. The summed E-state index contributed by atoms with van der Waals surface area (Å²) < 4.78 is 13.4. The minimum atomic E-state index is -0.709. The summed E-state index contributed by atoms with van der Waals surface area (Å²) in [4.78, 5) is 25.5. The molecule has 0 radical (unpaired) electrons. The zero-order valence-corrected chi connectivity index (χ0v) is 12.4. The average Bonchev–Trinajstić information content (AvgIpc) is 2.70. The zero-order chi connectivity index (χ0) is 14.5. The van der Waals surface area contributed by atoms with Gasteiger partial charge in [-0.25, -0.2) is 4.39 Å². The first-order valence-electron chi connectivity index (χ1n) is 6.34. The second kappa shape index (κ2) is 6.81. The summed E-state index contributed by atoms with van der Waals surface area (Å²) >= 11 is 3.14. The summed E-state index contributed by atoms with van der Waals surface area (Å²) in [6.07, 6.45) is 0.819. The van der Waals surface area contributed by atoms with E-state index in [-0.39, 0.29) is 0 Å². The van der Waals surface area contributed by atoms with Crippen molar-refractivity contribution < 1.29 is 14.0 Å². The number of amides is 2. The van der Waals surface area contributed by atoms with Crippen LogP contribution in [0.3, 0.4) is 0 Å². The summed E-state index contributed by atoms with van der Waals surface area (Å²) in [6, 6.07) is 3.87. The maximum Gasteiger partial charge on any atom is 0.313 e. The van der Waals surface area contributed by atoms with Gasteiger partial charge >= 0.3 is 11.8 Å². The van der Waals surface area contributed by atoms with Crippen LogP contribution in [0.25, 0.3) is 0 Å². The molecule has 0 saturated carbocycles. The normalized spacial score (nSPS) is 15.6. The van der Waals surface area contributed by atoms with Gasteiger partial charge in [-0.1, -0.05) is 0 Å². The van der Waals surface area contributed by atoms with Gasteiger partial charge in [-0.3, -0.25) is 9.59 Å². The Morgan fingerprint density at radius 3 is 2.85 bits per heavy atom. The van der Waals surface area contributed by atoms with E-state index in [2.05, 4.69) is 26.6 Å². The molecular formula is C13H15BrFN3O2. The van der Waals surface area contributed by atoms with Gasteiger partial charge in [0.1, 0.15) is 5.82 Å². The lowest BCUT2D eigenvalue weighted by Gasteiger charge is -2.19. The van der Waals surface area contributed by atoms with Gasteiger partial charge in [-0.05, 0) is 47.1 Å². The number of hydrogen-bond donors (Lipinski definition) is 2. The van der Waals surface area contributed by atoms with E-state index in [1.807, 2.05) is 0 Å². The summed E-state index contributed by atoms with van der Waals surface area (Å²) in [7, 11) is 0. The van der Waals surface area contributed by atoms with Crippen LogP contribution >= 0.6 is 15.9 Å². The van der Waals surface area contributed by atoms with Gasteiger partial charge in [0, 0.05) is 24.1 Å². The number of hydrogen-bond acceptors (Lipinski definition) is 3. The van der Waals surface area contributed by atoms with Crippen molar-refractivity contribution in [3.8, 4) is 0 Å². The highest BCUT2D eigenvalue weighted by Crippen LogP contribution is 2.23. The molecule has 20 heavy (non-hydrogen) atoms. The molecule has 1 aliphatic heterocycles. The molecule has 2 N–H and O–H groups in total. The molecule has 0 aliphatic carbocycles. The molecule has 2 amide bonds. The predicted molar refractivity (Wildman–Crippen MR) is 76.8 cm³/mol. The second-order valence-electron chi connectivity index (χ2n) is 4.47. The maximum atomic E-state index is 13.0. The topological polar surface area (TPSA) is 61.4 Å². The molecule has 0 spiro atoms. The maximum absolute atomic E-state index is 13.0. The zero-order valence-electron chi connectivity index (χ0n) is 10.8. The number of benzene rings is 1. The van der Waals surface area contributed by atoms with Gasteiger partial charge in [0.25, 0.3) is 0 Å². The van der Waals surface area contributed by atoms with E-state index in [0.29, 0.717) is 29.8 Å². The average molecular weight is 344 g/mol. The molecule has 1 aromatic rings. The second-order valence-corrected chi connectivity index (χ2v) is 5.33. The lowest BCUT2D eigenvalue weighted by molar-refractivity contribution is -0.143. The fourth-order valence-corrected chi connectivity index (χ4v) is 2.41. The van der Waals surface area contributed by atoms with Crippen LogP contribution in [0, 0.1) is 5.82 Å². The van der Waals surface area contributed by atoms with Gasteiger partial charge in [-0.15, -0.1) is 0 Å². The van der Waals surface area contributed by atoms with Gasteiger partial charge < -0.3 is 15.5 Å². The van der Waals surface area contributed by atoms with Crippen LogP contribution in [0.5, 0.6) is 0 Å². The van der Waals surface area contributed by atoms with E-state index in [4.69, 9.17) is 0 Å². The van der Waals surface area contributed by atoms with Crippen molar-refractivity contribution in [2.75, 3.05) is 31.5 Å². The van der Waals surface area contributed by atoms with Crippen LogP contribution in [0.2, 0.25) is 0 Å². The van der Waals surface area contributed by atoms with Crippen molar-refractivity contribution in [3.05, 3.63) is 28.5 Å². The first-order chi connectivity index (χ1) is 9.58. The van der Waals surface area contributed by atoms with Crippen LogP contribution in [0.1, 0.15) is 6.42 Å². The number of rotatable bonds is 1. The van der Waals surface area contributed by atoms with Crippen LogP contribution < -0.4 is 10.6 Å². The molecule has 108 valence electrons. The van der Waals surface area contributed by atoms with E-state index in [1.165, 1.54) is 23.1 Å². The minimum absolute atomic E-state index is 0.373. The van der Waals surface area contributed by atoms with E-state index < -0.39 is 17.6 Å². The Bertz CT molecular complexity index is 516. The molecule has 0 unspecified atom stereocenters. The summed E-state index contributed by atoms with van der Waals surface area (Å²) in [5.74, 6) is -1.69. The fourth-order valence-electron chi connectivity index (χ4n) is 1.96. The smallest absolute Gasteiger partial charge is 0.313 e. The van der Waals surface area contributed by atoms with Gasteiger partial charge in [0.2, 0.25) is 0 Å². The fraction of sp³-hybridized carbons (Fsp3) is 0.385. The molecule has 1 saturated heterocycles. The molecule has 1 fully saturated rings. The Morgan fingerprint density at radius 1 is 1.30 bits per heavy atom. The van der Waals surface area contributed by atoms with Crippen LogP contribution in [0.15, 0.2) is 22.7 Å². The van der Waals surface area contributed by atoms with Crippen LogP contribution in [-0.2, 0) is 9.59 Å². The Kier molecular flexibility index (Phi) is 5.08. The van der Waals surface area contributed by atoms with Crippen LogP contribution in [-0.4, -0.2) is 42.9 Å². The molecule has 7 heteroatoms. The number of nitrogens with zero attached hydrogens (tertiary/aromatic N) is 1. The molecule has 0 atom stereocenters. The van der Waals surface area contributed by atoms with Gasteiger partial charge in [-0.2, -0.15) is 0 Å². The van der Waals surface area contributed by atoms with Crippen molar-refractivity contribution in [1.82, 2.24) is 10.2 Å². The number of carbonyl (C=O) groups excluding carboxylic acids is 2. The number of anilines is 1. The quantitative estimate of drug-likeness (QED) is 0.756. The number of nitrogens with one attached hydrogen (secondary N) is 2. The van der Waals surface area contributed by atoms with Crippen molar-refractivity contribution in [2.45, 2.75) is 6.42 Å². The molecule has 1 heterocycles. The lowest BCUT2D eigenvalue weighted by Crippen LogP contribution is -2.41. The third kappa shape index (κ3) is 3.77. The first-order valence-corrected chi connectivity index (χ1v) is 7.13. The Hall–Kier alpha value is -1.47. The van der Waals surface area contributed by atoms with E-state index in [1.54, 1.807) is 0 Å². The van der Waals surface area contributed by atoms with Gasteiger partial charge in [0.05, 0.1) is 5.69 Å². The predicted octanol–water partition coefficient (Wildman–Crippen LogP) is 1.35. The summed E-state index contributed by atoms with van der Waals surface area (Å²) in [6.45, 7) is 2.59. The van der Waals surface area contributed by atoms with Crippen molar-refractivity contribution in [3.63, 3.8) is 0 Å². The molecule has 1 aliphatic rings. The monoisotopic (exact) mass is 343 g/mol. The minimum Gasteiger partial charge on any atom is -0.333 e. The molecule has 0 aromatic heterocycles. The Balaban J connectivity index is 2.01. The highest BCUT2D eigenvalue weighted by Gasteiger charge is 2.23. The standard InChI is InChI=1S/C13H15BrFN3O2/c14-10-8-9(15)2-3-11(10)17-12(19)13(20)18-6-1-4-16-5-7-18/h2-3,8,16H,1,4-7H2,(H,17,19). The molecule has 2 rings (SSSR count). The molecular weight excluding hydrogens is 329 g/mol. The Morgan fingerprint density at radius 2 is 2.10 bits per heavy atom. The molecule has 1 aromatic carbocycles. The molecule has 0 bridgehead atoms. The third-order valence-electron chi connectivity index (χ3n) is 3.00. The van der Waals surface area contributed by atoms with Crippen molar-refractivity contribution in [2.24, 2.45) is 0 Å². The SMILES string of the molecule is O=C(Nc1ccc(F)cc1Br)C(=O)N1CCCNCC1. The van der Waals surface area contributed by atoms with E-state index in [9.17, 15) is 14.0 Å². The van der Waals surface area contributed by atoms with Crippen molar-refractivity contribution >= 4 is 33.4 Å². The first kappa shape index (κ1) is 14.9. The van der Waals surface area contributed by atoms with E-state index >= 15 is 0 Å². The van der Waals surface area contributed by atoms with Crippen LogP contribution in [0.4, 0.5) is 10.1 Å². The number of halogens is 2. The summed E-state index contributed by atoms with van der Waals surface area (Å²) in [5, 5.41) is 5.65. The van der Waals surface area contributed by atoms with Crippen molar-refractivity contribution in [1.29, 1.82) is 0 Å². The Labute approximate surface area is 124 Å².